The predicted octanol–water partition coefficient (Wildman–Crippen LogP) is 0.958. The van der Waals surface area contributed by atoms with Crippen molar-refractivity contribution in [1.82, 2.24) is 9.80 Å². The van der Waals surface area contributed by atoms with Gasteiger partial charge in [0.05, 0.1) is 6.34 Å². The third kappa shape index (κ3) is 4.64. The smallest absolute Gasteiger partial charge is 0.223 e. The minimum absolute atomic E-state index is 0.0156. The fourth-order valence-corrected chi connectivity index (χ4v) is 0.951. The van der Waals surface area contributed by atoms with E-state index in [0.29, 0.717) is 0 Å². The molecule has 0 rings (SSSR count). The van der Waals surface area contributed by atoms with Gasteiger partial charge in [-0.25, -0.2) is 0 Å². The Hall–Kier alpha value is -1.32. The van der Waals surface area contributed by atoms with Gasteiger partial charge in [0.15, 0.2) is 0 Å². The first-order chi connectivity index (χ1) is 6.49. The largest absolute Gasteiger partial charge is 0.366 e. The first-order valence-corrected chi connectivity index (χ1v) is 4.53. The van der Waals surface area contributed by atoms with Crippen molar-refractivity contribution in [1.29, 1.82) is 0 Å². The highest BCUT2D eigenvalue weighted by molar-refractivity contribution is 5.74. The van der Waals surface area contributed by atoms with Crippen LogP contribution in [0.2, 0.25) is 0 Å². The normalized spacial score (nSPS) is 10.3. The van der Waals surface area contributed by atoms with Crippen molar-refractivity contribution in [3.8, 4) is 0 Å². The van der Waals surface area contributed by atoms with E-state index in [1.54, 1.807) is 25.3 Å². The van der Waals surface area contributed by atoms with Gasteiger partial charge in [0, 0.05) is 46.7 Å². The fraction of sp³-hybridized carbons (Fsp3) is 0.600. The van der Waals surface area contributed by atoms with Crippen molar-refractivity contribution in [2.75, 3.05) is 27.7 Å². The van der Waals surface area contributed by atoms with Gasteiger partial charge in [-0.05, 0) is 0 Å². The Kier molecular flexibility index (Phi) is 5.60. The van der Waals surface area contributed by atoms with Gasteiger partial charge in [-0.1, -0.05) is 6.58 Å². The van der Waals surface area contributed by atoms with Crippen molar-refractivity contribution in [2.45, 2.75) is 13.3 Å². The van der Waals surface area contributed by atoms with Crippen LogP contribution in [0.25, 0.3) is 0 Å². The number of carbonyl (C=O) groups excluding carboxylic acids is 1. The van der Waals surface area contributed by atoms with Gasteiger partial charge in [-0.3, -0.25) is 9.79 Å². The zero-order valence-corrected chi connectivity index (χ0v) is 9.45. The maximum absolute atomic E-state index is 11.0. The maximum atomic E-state index is 11.0. The molecule has 0 aromatic carbocycles. The van der Waals surface area contributed by atoms with E-state index in [9.17, 15) is 4.79 Å². The second kappa shape index (κ2) is 6.18. The minimum atomic E-state index is 0.0156. The average Bonchev–Trinajstić information content (AvgIpc) is 2.13. The van der Waals surface area contributed by atoms with Crippen LogP contribution >= 0.6 is 0 Å². The second-order valence-electron chi connectivity index (χ2n) is 3.25. The summed E-state index contributed by atoms with van der Waals surface area (Å²) in [5.74, 6) is 0.0156. The number of rotatable bonds is 5. The molecule has 0 aliphatic heterocycles. The summed E-state index contributed by atoms with van der Waals surface area (Å²) in [6.07, 6.45) is 2.51. The lowest BCUT2D eigenvalue weighted by atomic mass is 10.3. The fourth-order valence-electron chi connectivity index (χ4n) is 0.951. The summed E-state index contributed by atoms with van der Waals surface area (Å²) in [7, 11) is 5.40. The molecule has 0 fully saturated rings. The van der Waals surface area contributed by atoms with Gasteiger partial charge in [-0.2, -0.15) is 0 Å². The van der Waals surface area contributed by atoms with E-state index in [-0.39, 0.29) is 5.91 Å². The summed E-state index contributed by atoms with van der Waals surface area (Å²) in [6.45, 7) is 6.19. The van der Waals surface area contributed by atoms with E-state index in [1.807, 2.05) is 11.9 Å². The van der Waals surface area contributed by atoms with Crippen LogP contribution in [0, 0.1) is 0 Å². The van der Waals surface area contributed by atoms with Crippen molar-refractivity contribution >= 4 is 12.2 Å². The van der Waals surface area contributed by atoms with Crippen LogP contribution in [0.3, 0.4) is 0 Å². The van der Waals surface area contributed by atoms with E-state index >= 15 is 0 Å². The molecule has 4 heteroatoms. The summed E-state index contributed by atoms with van der Waals surface area (Å²) < 4.78 is 0. The molecule has 14 heavy (non-hydrogen) atoms. The molecule has 0 aromatic heterocycles. The van der Waals surface area contributed by atoms with Crippen LogP contribution < -0.4 is 0 Å². The Bertz CT molecular complexity index is 236. The van der Waals surface area contributed by atoms with Crippen LogP contribution in [0.4, 0.5) is 0 Å². The molecule has 1 amide bonds. The zero-order chi connectivity index (χ0) is 11.1. The molecule has 0 aliphatic rings. The highest BCUT2D eigenvalue weighted by Crippen LogP contribution is 2.04. The van der Waals surface area contributed by atoms with E-state index in [1.165, 1.54) is 6.92 Å². The van der Waals surface area contributed by atoms with E-state index < -0.39 is 0 Å². The molecule has 0 heterocycles. The predicted molar refractivity (Wildman–Crippen MR) is 59.2 cm³/mol. The van der Waals surface area contributed by atoms with Crippen molar-refractivity contribution in [2.24, 2.45) is 4.99 Å². The molecule has 0 spiro atoms. The summed E-state index contributed by atoms with van der Waals surface area (Å²) in [5, 5.41) is 0. The maximum Gasteiger partial charge on any atom is 0.223 e. The van der Waals surface area contributed by atoms with Crippen molar-refractivity contribution in [3.05, 3.63) is 12.3 Å². The van der Waals surface area contributed by atoms with Crippen LogP contribution in [0.5, 0.6) is 0 Å². The highest BCUT2D eigenvalue weighted by atomic mass is 16.2. The lowest BCUT2D eigenvalue weighted by Crippen LogP contribution is -2.26. The monoisotopic (exact) mass is 197 g/mol. The molecule has 0 unspecified atom stereocenters. The van der Waals surface area contributed by atoms with Gasteiger partial charge in [0.2, 0.25) is 5.91 Å². The minimum Gasteiger partial charge on any atom is -0.366 e. The summed E-state index contributed by atoms with van der Waals surface area (Å²) in [4.78, 5) is 18.4. The van der Waals surface area contributed by atoms with Crippen LogP contribution in [0.15, 0.2) is 17.3 Å². The molecule has 0 N–H and O–H groups in total. The lowest BCUT2D eigenvalue weighted by Gasteiger charge is -2.20. The molecule has 0 aromatic rings. The van der Waals surface area contributed by atoms with Gasteiger partial charge in [0.25, 0.3) is 0 Å². The molecular formula is C10H19N3O. The Morgan fingerprint density at radius 3 is 2.50 bits per heavy atom. The molecule has 0 bridgehead atoms. The Labute approximate surface area is 85.9 Å². The average molecular weight is 197 g/mol. The highest BCUT2D eigenvalue weighted by Gasteiger charge is 2.06. The third-order valence-corrected chi connectivity index (χ3v) is 2.01. The molecule has 0 saturated carbocycles. The number of hydrogen-bond donors (Lipinski definition) is 0. The second-order valence-corrected chi connectivity index (χ2v) is 3.25. The van der Waals surface area contributed by atoms with E-state index in [4.69, 9.17) is 0 Å². The van der Waals surface area contributed by atoms with Gasteiger partial charge in [-0.15, -0.1) is 0 Å². The van der Waals surface area contributed by atoms with Crippen LogP contribution in [-0.4, -0.2) is 49.7 Å². The molecule has 0 aliphatic carbocycles. The first-order valence-electron chi connectivity index (χ1n) is 4.53. The number of aliphatic imine (C=N–C) groups is 1. The SMILES string of the molecule is C=C(CCN(C)C=NC)N(C)C(C)=O. The van der Waals surface area contributed by atoms with Crippen molar-refractivity contribution in [3.63, 3.8) is 0 Å². The molecule has 80 valence electrons. The topological polar surface area (TPSA) is 35.9 Å². The van der Waals surface area contributed by atoms with Gasteiger partial charge >= 0.3 is 0 Å². The van der Waals surface area contributed by atoms with Crippen LogP contribution in [0.1, 0.15) is 13.3 Å². The van der Waals surface area contributed by atoms with Gasteiger partial charge in [0.1, 0.15) is 0 Å². The number of carbonyl (C=O) groups is 1. The van der Waals surface area contributed by atoms with E-state index in [0.717, 1.165) is 18.7 Å². The summed E-state index contributed by atoms with van der Waals surface area (Å²) >= 11 is 0. The number of nitrogens with zero attached hydrogens (tertiary/aromatic N) is 3. The standard InChI is InChI=1S/C10H19N3O/c1-9(13(5)10(2)14)6-7-12(4)8-11-3/h8H,1,6-7H2,2-5H3. The van der Waals surface area contributed by atoms with Crippen LogP contribution in [-0.2, 0) is 4.79 Å². The Morgan fingerprint density at radius 1 is 1.50 bits per heavy atom. The first kappa shape index (κ1) is 12.7. The van der Waals surface area contributed by atoms with Crippen molar-refractivity contribution < 1.29 is 4.79 Å². The van der Waals surface area contributed by atoms with Gasteiger partial charge < -0.3 is 9.80 Å². The lowest BCUT2D eigenvalue weighted by molar-refractivity contribution is -0.125. The summed E-state index contributed by atoms with van der Waals surface area (Å²) in [5.41, 5.74) is 0.828. The zero-order valence-electron chi connectivity index (χ0n) is 9.45. The third-order valence-electron chi connectivity index (χ3n) is 2.01. The Balaban J connectivity index is 3.90. The Morgan fingerprint density at radius 2 is 2.07 bits per heavy atom. The molecule has 0 saturated heterocycles. The molecular weight excluding hydrogens is 178 g/mol. The molecule has 0 atom stereocenters. The molecule has 4 nitrogen and oxygen atoms in total. The number of amides is 1. The quantitative estimate of drug-likeness (QED) is 0.486. The molecule has 0 radical (unpaired) electrons. The summed E-state index contributed by atoms with van der Waals surface area (Å²) in [6, 6.07) is 0. The van der Waals surface area contributed by atoms with E-state index in [2.05, 4.69) is 11.6 Å². The number of hydrogen-bond acceptors (Lipinski definition) is 2.